The van der Waals surface area contributed by atoms with Gasteiger partial charge in [-0.3, -0.25) is 4.57 Å². The maximum atomic E-state index is 5.99. The molecule has 0 amide bonds. The molecule has 2 nitrogen and oxygen atoms in total. The van der Waals surface area contributed by atoms with E-state index in [2.05, 4.69) is 9.55 Å². The zero-order chi connectivity index (χ0) is 12.5. The van der Waals surface area contributed by atoms with Gasteiger partial charge in [-0.1, -0.05) is 29.8 Å². The van der Waals surface area contributed by atoms with Crippen molar-refractivity contribution in [1.29, 1.82) is 0 Å². The van der Waals surface area contributed by atoms with Crippen LogP contribution in [0.25, 0.3) is 16.7 Å². The minimum Gasteiger partial charge on any atom is -0.295 e. The monoisotopic (exact) mass is 276 g/mol. The first-order valence-electron chi connectivity index (χ1n) is 5.58. The summed E-state index contributed by atoms with van der Waals surface area (Å²) in [6.45, 7) is 0. The molecule has 4 heteroatoms. The molecule has 0 fully saturated rings. The van der Waals surface area contributed by atoms with Gasteiger partial charge in [0.15, 0.2) is 0 Å². The fourth-order valence-electron chi connectivity index (χ4n) is 2.06. The van der Waals surface area contributed by atoms with E-state index < -0.39 is 0 Å². The van der Waals surface area contributed by atoms with Crippen LogP contribution in [0, 0.1) is 0 Å². The summed E-state index contributed by atoms with van der Waals surface area (Å²) < 4.78 is 2.05. The molecule has 2 aromatic carbocycles. The Labute approximate surface area is 115 Å². The van der Waals surface area contributed by atoms with Gasteiger partial charge in [0.25, 0.3) is 0 Å². The summed E-state index contributed by atoms with van der Waals surface area (Å²) in [7, 11) is 0. The molecule has 18 heavy (non-hydrogen) atoms. The maximum absolute atomic E-state index is 5.99. The van der Waals surface area contributed by atoms with Gasteiger partial charge in [0, 0.05) is 10.7 Å². The van der Waals surface area contributed by atoms with Gasteiger partial charge in [0.2, 0.25) is 0 Å². The molecule has 0 saturated heterocycles. The van der Waals surface area contributed by atoms with Crippen LogP contribution in [-0.4, -0.2) is 9.55 Å². The molecule has 1 heterocycles. The number of hydrogen-bond donors (Lipinski definition) is 0. The van der Waals surface area contributed by atoms with E-state index in [1.165, 1.54) is 0 Å². The van der Waals surface area contributed by atoms with E-state index in [1.807, 2.05) is 48.5 Å². The molecule has 3 aromatic rings. The fourth-order valence-corrected chi connectivity index (χ4v) is 2.40. The van der Waals surface area contributed by atoms with Crippen LogP contribution in [0.5, 0.6) is 0 Å². The molecule has 0 aliphatic carbocycles. The van der Waals surface area contributed by atoms with E-state index in [9.17, 15) is 0 Å². The Bertz CT molecular complexity index is 690. The first kappa shape index (κ1) is 11.6. The zero-order valence-electron chi connectivity index (χ0n) is 9.48. The molecule has 0 spiro atoms. The third-order valence-electron chi connectivity index (χ3n) is 2.82. The Morgan fingerprint density at radius 1 is 1.06 bits per heavy atom. The van der Waals surface area contributed by atoms with E-state index in [-0.39, 0.29) is 0 Å². The van der Waals surface area contributed by atoms with Crippen LogP contribution >= 0.6 is 23.2 Å². The van der Waals surface area contributed by atoms with Crippen molar-refractivity contribution in [3.8, 4) is 5.69 Å². The SMILES string of the molecule is ClCc1nc2cc(Cl)ccc2n1-c1ccccc1. The number of fused-ring (bicyclic) bond motifs is 1. The maximum Gasteiger partial charge on any atom is 0.129 e. The van der Waals surface area contributed by atoms with Crippen LogP contribution in [-0.2, 0) is 5.88 Å². The van der Waals surface area contributed by atoms with Gasteiger partial charge >= 0.3 is 0 Å². The molecule has 0 N–H and O–H groups in total. The van der Waals surface area contributed by atoms with Crippen LogP contribution < -0.4 is 0 Å². The Morgan fingerprint density at radius 2 is 1.83 bits per heavy atom. The minimum absolute atomic E-state index is 0.362. The quantitative estimate of drug-likeness (QED) is 0.634. The molecule has 3 rings (SSSR count). The normalized spacial score (nSPS) is 11.0. The van der Waals surface area contributed by atoms with Gasteiger partial charge < -0.3 is 0 Å². The van der Waals surface area contributed by atoms with Crippen LogP contribution in [0.2, 0.25) is 5.02 Å². The molecule has 0 aliphatic rings. The number of para-hydroxylation sites is 1. The second-order valence-electron chi connectivity index (χ2n) is 3.97. The van der Waals surface area contributed by atoms with Crippen LogP contribution in [0.15, 0.2) is 48.5 Å². The molecule has 0 atom stereocenters. The predicted octanol–water partition coefficient (Wildman–Crippen LogP) is 4.42. The van der Waals surface area contributed by atoms with Crippen molar-refractivity contribution in [2.45, 2.75) is 5.88 Å². The lowest BCUT2D eigenvalue weighted by atomic mass is 10.3. The smallest absolute Gasteiger partial charge is 0.129 e. The number of imidazole rings is 1. The molecular formula is C14H10Cl2N2. The summed E-state index contributed by atoms with van der Waals surface area (Å²) in [6.07, 6.45) is 0. The van der Waals surface area contributed by atoms with Gasteiger partial charge in [0.1, 0.15) is 5.82 Å². The first-order chi connectivity index (χ1) is 8.79. The van der Waals surface area contributed by atoms with Crippen LogP contribution in [0.3, 0.4) is 0 Å². The number of alkyl halides is 1. The van der Waals surface area contributed by atoms with Gasteiger partial charge in [0.05, 0.1) is 16.9 Å². The topological polar surface area (TPSA) is 17.8 Å². The van der Waals surface area contributed by atoms with Crippen molar-refractivity contribution >= 4 is 34.2 Å². The summed E-state index contributed by atoms with van der Waals surface area (Å²) in [5.74, 6) is 1.18. The van der Waals surface area contributed by atoms with E-state index in [0.29, 0.717) is 10.9 Å². The average Bonchev–Trinajstić information content (AvgIpc) is 2.77. The number of nitrogens with zero attached hydrogens (tertiary/aromatic N) is 2. The number of aromatic nitrogens is 2. The third-order valence-corrected chi connectivity index (χ3v) is 3.29. The van der Waals surface area contributed by atoms with Crippen LogP contribution in [0.4, 0.5) is 0 Å². The van der Waals surface area contributed by atoms with Crippen molar-refractivity contribution in [1.82, 2.24) is 9.55 Å². The lowest BCUT2D eigenvalue weighted by molar-refractivity contribution is 0.982. The highest BCUT2D eigenvalue weighted by atomic mass is 35.5. The van der Waals surface area contributed by atoms with E-state index >= 15 is 0 Å². The largest absolute Gasteiger partial charge is 0.295 e. The Hall–Kier alpha value is -1.51. The van der Waals surface area contributed by atoms with Crippen molar-refractivity contribution in [2.75, 3.05) is 0 Å². The summed E-state index contributed by atoms with van der Waals surface area (Å²) in [5.41, 5.74) is 2.93. The Kier molecular flexibility index (Phi) is 2.98. The van der Waals surface area contributed by atoms with E-state index in [4.69, 9.17) is 23.2 Å². The molecule has 0 bridgehead atoms. The molecule has 0 radical (unpaired) electrons. The second kappa shape index (κ2) is 4.63. The molecule has 0 aliphatic heterocycles. The van der Waals surface area contributed by atoms with E-state index in [1.54, 1.807) is 0 Å². The summed E-state index contributed by atoms with van der Waals surface area (Å²) in [4.78, 5) is 4.51. The standard InChI is InChI=1S/C14H10Cl2N2/c15-9-14-17-12-8-10(16)6-7-13(12)18(14)11-4-2-1-3-5-11/h1-8H,9H2. The fraction of sp³-hybridized carbons (Fsp3) is 0.0714. The summed E-state index contributed by atoms with van der Waals surface area (Å²) >= 11 is 12.0. The summed E-state index contributed by atoms with van der Waals surface area (Å²) in [5, 5.41) is 0.682. The number of benzene rings is 2. The number of hydrogen-bond acceptors (Lipinski definition) is 1. The van der Waals surface area contributed by atoms with Crippen molar-refractivity contribution in [3.05, 3.63) is 59.4 Å². The first-order valence-corrected chi connectivity index (χ1v) is 6.49. The highest BCUT2D eigenvalue weighted by Gasteiger charge is 2.11. The summed E-state index contributed by atoms with van der Waals surface area (Å²) in [6, 6.07) is 15.7. The second-order valence-corrected chi connectivity index (χ2v) is 4.67. The van der Waals surface area contributed by atoms with Gasteiger partial charge in [-0.15, -0.1) is 11.6 Å². The minimum atomic E-state index is 0.362. The molecule has 0 saturated carbocycles. The Morgan fingerprint density at radius 3 is 2.56 bits per heavy atom. The van der Waals surface area contributed by atoms with Gasteiger partial charge in [-0.05, 0) is 30.3 Å². The highest BCUT2D eigenvalue weighted by molar-refractivity contribution is 6.31. The molecular weight excluding hydrogens is 267 g/mol. The number of rotatable bonds is 2. The average molecular weight is 277 g/mol. The van der Waals surface area contributed by atoms with Crippen molar-refractivity contribution < 1.29 is 0 Å². The number of halogens is 2. The molecule has 90 valence electrons. The Balaban J connectivity index is 2.33. The lowest BCUT2D eigenvalue weighted by Crippen LogP contribution is -1.98. The zero-order valence-corrected chi connectivity index (χ0v) is 11.0. The molecule has 1 aromatic heterocycles. The molecule has 0 unspecified atom stereocenters. The van der Waals surface area contributed by atoms with E-state index in [0.717, 1.165) is 22.5 Å². The lowest BCUT2D eigenvalue weighted by Gasteiger charge is -2.07. The predicted molar refractivity (Wildman–Crippen MR) is 75.6 cm³/mol. The van der Waals surface area contributed by atoms with Crippen LogP contribution in [0.1, 0.15) is 5.82 Å². The van der Waals surface area contributed by atoms with Crippen molar-refractivity contribution in [2.24, 2.45) is 0 Å². The highest BCUT2D eigenvalue weighted by Crippen LogP contribution is 2.24. The van der Waals surface area contributed by atoms with Gasteiger partial charge in [-0.25, -0.2) is 4.98 Å². The van der Waals surface area contributed by atoms with Crippen molar-refractivity contribution in [3.63, 3.8) is 0 Å². The van der Waals surface area contributed by atoms with Gasteiger partial charge in [-0.2, -0.15) is 0 Å². The third kappa shape index (κ3) is 1.88.